The molecule has 0 heterocycles. The topological polar surface area (TPSA) is 0 Å². The third-order valence-electron chi connectivity index (χ3n) is 2.28. The molecule has 0 radical (unpaired) electrons. The molecule has 0 bridgehead atoms. The highest BCUT2D eigenvalue weighted by Gasteiger charge is 2.21. The lowest BCUT2D eigenvalue weighted by Crippen LogP contribution is -2.45. The summed E-state index contributed by atoms with van der Waals surface area (Å²) in [6, 6.07) is 10.6. The van der Waals surface area contributed by atoms with Crippen LogP contribution in [0, 0.1) is 0 Å². The van der Waals surface area contributed by atoms with Crippen LogP contribution in [-0.4, -0.2) is 30.8 Å². The molecule has 0 spiro atoms. The van der Waals surface area contributed by atoms with Crippen LogP contribution in [0.15, 0.2) is 30.3 Å². The van der Waals surface area contributed by atoms with Gasteiger partial charge in [0, 0.05) is 5.33 Å². The summed E-state index contributed by atoms with van der Waals surface area (Å²) in [7, 11) is 4.46. The van der Waals surface area contributed by atoms with Gasteiger partial charge in [-0.25, -0.2) is 0 Å². The average Bonchev–Trinajstić information content (AvgIpc) is 2.18. The minimum absolute atomic E-state index is 0.512. The maximum Gasteiger partial charge on any atom is 0.132 e. The largest absolute Gasteiger partial charge is 0.295 e. The Balaban J connectivity index is 2.75. The highest BCUT2D eigenvalue weighted by Crippen LogP contribution is 2.20. The van der Waals surface area contributed by atoms with Gasteiger partial charge < -0.3 is 0 Å². The van der Waals surface area contributed by atoms with Crippen LogP contribution >= 0.6 is 31.9 Å². The van der Waals surface area contributed by atoms with Gasteiger partial charge in [-0.3, -0.25) is 4.48 Å². The molecule has 1 nitrogen and oxygen atoms in total. The maximum absolute atomic E-state index is 3.65. The summed E-state index contributed by atoms with van der Waals surface area (Å²) in [5.41, 5.74) is 1.35. The van der Waals surface area contributed by atoms with Crippen molar-refractivity contribution in [3.05, 3.63) is 30.3 Å². The summed E-state index contributed by atoms with van der Waals surface area (Å²) in [5.74, 6) is 0. The molecule has 0 aromatic heterocycles. The van der Waals surface area contributed by atoms with Gasteiger partial charge in [-0.05, 0) is 12.1 Å². The Hall–Kier alpha value is 0.140. The second-order valence-electron chi connectivity index (χ2n) is 3.95. The Morgan fingerprint density at radius 1 is 1.21 bits per heavy atom. The molecule has 0 fully saturated rings. The fraction of sp³-hybridized carbons (Fsp3) is 0.455. The van der Waals surface area contributed by atoms with Crippen LogP contribution in [0.1, 0.15) is 0 Å². The van der Waals surface area contributed by atoms with Crippen LogP contribution in [-0.2, 0) is 0 Å². The van der Waals surface area contributed by atoms with E-state index in [2.05, 4.69) is 76.3 Å². The molecule has 0 saturated carbocycles. The summed E-state index contributed by atoms with van der Waals surface area (Å²) < 4.78 is 0.905. The van der Waals surface area contributed by atoms with Crippen LogP contribution in [0.4, 0.5) is 5.69 Å². The summed E-state index contributed by atoms with van der Waals surface area (Å²) >= 11 is 7.13. The van der Waals surface area contributed by atoms with E-state index in [1.54, 1.807) is 0 Å². The Kier molecular flexibility index (Phi) is 4.61. The van der Waals surface area contributed by atoms with E-state index in [1.807, 2.05) is 0 Å². The van der Waals surface area contributed by atoms with Crippen molar-refractivity contribution in [2.45, 2.75) is 4.83 Å². The SMILES string of the molecule is C[N+](C)(CC(Br)CBr)c1ccccc1. The molecule has 1 aromatic rings. The van der Waals surface area contributed by atoms with E-state index in [0.717, 1.165) is 16.4 Å². The van der Waals surface area contributed by atoms with E-state index in [0.29, 0.717) is 4.83 Å². The first-order valence-electron chi connectivity index (χ1n) is 4.65. The van der Waals surface area contributed by atoms with Crippen molar-refractivity contribution in [2.24, 2.45) is 0 Å². The Bertz CT molecular complexity index is 272. The van der Waals surface area contributed by atoms with Crippen molar-refractivity contribution in [1.29, 1.82) is 0 Å². The quantitative estimate of drug-likeness (QED) is 0.589. The van der Waals surface area contributed by atoms with Gasteiger partial charge >= 0.3 is 0 Å². The normalized spacial score (nSPS) is 14.0. The third-order valence-corrected chi connectivity index (χ3v) is 4.54. The molecule has 0 amide bonds. The predicted molar refractivity (Wildman–Crippen MR) is 71.5 cm³/mol. The molecule has 14 heavy (non-hydrogen) atoms. The molecule has 1 aromatic carbocycles. The molecule has 3 heteroatoms. The van der Waals surface area contributed by atoms with Crippen molar-refractivity contribution in [2.75, 3.05) is 26.0 Å². The van der Waals surface area contributed by atoms with Crippen LogP contribution in [0.3, 0.4) is 0 Å². The van der Waals surface area contributed by atoms with E-state index in [-0.39, 0.29) is 0 Å². The molecule has 1 rings (SSSR count). The second kappa shape index (κ2) is 5.29. The highest BCUT2D eigenvalue weighted by molar-refractivity contribution is 9.12. The molecule has 0 aliphatic rings. The lowest BCUT2D eigenvalue weighted by atomic mass is 10.2. The van der Waals surface area contributed by atoms with Crippen LogP contribution < -0.4 is 4.48 Å². The van der Waals surface area contributed by atoms with Crippen molar-refractivity contribution in [1.82, 2.24) is 4.48 Å². The van der Waals surface area contributed by atoms with Gasteiger partial charge in [-0.1, -0.05) is 50.1 Å². The Labute approximate surface area is 103 Å². The van der Waals surface area contributed by atoms with Crippen molar-refractivity contribution in [3.8, 4) is 0 Å². The van der Waals surface area contributed by atoms with Crippen molar-refractivity contribution in [3.63, 3.8) is 0 Å². The minimum Gasteiger partial charge on any atom is -0.295 e. The number of quaternary nitrogens is 1. The van der Waals surface area contributed by atoms with E-state index < -0.39 is 0 Å². The van der Waals surface area contributed by atoms with Crippen molar-refractivity contribution < 1.29 is 0 Å². The second-order valence-corrected chi connectivity index (χ2v) is 5.90. The number of rotatable bonds is 4. The molecule has 0 N–H and O–H groups in total. The third kappa shape index (κ3) is 3.37. The van der Waals surface area contributed by atoms with Gasteiger partial charge in [0.25, 0.3) is 0 Å². The zero-order chi connectivity index (χ0) is 10.6. The van der Waals surface area contributed by atoms with Crippen LogP contribution in [0.25, 0.3) is 0 Å². The summed E-state index contributed by atoms with van der Waals surface area (Å²) in [4.78, 5) is 0.512. The lowest BCUT2D eigenvalue weighted by molar-refractivity contribution is 0.406. The average molecular weight is 322 g/mol. The lowest BCUT2D eigenvalue weighted by Gasteiger charge is -2.30. The monoisotopic (exact) mass is 320 g/mol. The van der Waals surface area contributed by atoms with E-state index >= 15 is 0 Å². The molecule has 1 unspecified atom stereocenters. The van der Waals surface area contributed by atoms with Gasteiger partial charge in [0.05, 0.1) is 25.5 Å². The molecule has 0 aliphatic carbocycles. The molecular weight excluding hydrogens is 306 g/mol. The first-order chi connectivity index (χ1) is 6.56. The number of nitrogens with zero attached hydrogens (tertiary/aromatic N) is 1. The Morgan fingerprint density at radius 2 is 1.79 bits per heavy atom. The number of alkyl halides is 2. The maximum atomic E-state index is 3.65. The zero-order valence-electron chi connectivity index (χ0n) is 8.58. The van der Waals surface area contributed by atoms with Gasteiger partial charge in [-0.2, -0.15) is 0 Å². The Morgan fingerprint density at radius 3 is 2.29 bits per heavy atom. The smallest absolute Gasteiger partial charge is 0.132 e. The van der Waals surface area contributed by atoms with Crippen LogP contribution in [0.2, 0.25) is 0 Å². The summed E-state index contributed by atoms with van der Waals surface area (Å²) in [6.45, 7) is 1.08. The summed E-state index contributed by atoms with van der Waals surface area (Å²) in [6.07, 6.45) is 0. The number of benzene rings is 1. The van der Waals surface area contributed by atoms with Gasteiger partial charge in [0.2, 0.25) is 0 Å². The molecular formula is C11H16Br2N+. The van der Waals surface area contributed by atoms with Gasteiger partial charge in [-0.15, -0.1) is 0 Å². The number of hydrogen-bond acceptors (Lipinski definition) is 0. The molecule has 1 atom stereocenters. The standard InChI is InChI=1S/C11H16Br2N/c1-14(2,9-10(13)8-12)11-6-4-3-5-7-11/h3-7,10H,8-9H2,1-2H3/q+1. The van der Waals surface area contributed by atoms with Gasteiger partial charge in [0.15, 0.2) is 0 Å². The molecule has 0 saturated heterocycles. The highest BCUT2D eigenvalue weighted by atomic mass is 79.9. The fourth-order valence-electron chi connectivity index (χ4n) is 1.48. The van der Waals surface area contributed by atoms with E-state index in [4.69, 9.17) is 0 Å². The van der Waals surface area contributed by atoms with E-state index in [1.165, 1.54) is 5.69 Å². The van der Waals surface area contributed by atoms with Gasteiger partial charge in [0.1, 0.15) is 5.69 Å². The fourth-order valence-corrected chi connectivity index (χ4v) is 2.41. The molecule has 78 valence electrons. The minimum atomic E-state index is 0.512. The first-order valence-corrected chi connectivity index (χ1v) is 6.68. The molecule has 0 aliphatic heterocycles. The number of para-hydroxylation sites is 1. The van der Waals surface area contributed by atoms with Crippen LogP contribution in [0.5, 0.6) is 0 Å². The number of hydrogen-bond donors (Lipinski definition) is 0. The van der Waals surface area contributed by atoms with Crippen molar-refractivity contribution >= 4 is 37.5 Å². The first kappa shape index (κ1) is 12.2. The summed E-state index contributed by atoms with van der Waals surface area (Å²) in [5, 5.41) is 0.988. The predicted octanol–water partition coefficient (Wildman–Crippen LogP) is 3.41. The number of halogens is 2. The van der Waals surface area contributed by atoms with E-state index in [9.17, 15) is 0 Å². The zero-order valence-corrected chi connectivity index (χ0v) is 11.8.